The van der Waals surface area contributed by atoms with Crippen molar-refractivity contribution in [3.8, 4) is 50.6 Å². The molecule has 0 aliphatic rings. The third kappa shape index (κ3) is 8.82. The van der Waals surface area contributed by atoms with Gasteiger partial charge in [-0.25, -0.2) is 4.39 Å². The Hall–Kier alpha value is -6.44. The summed E-state index contributed by atoms with van der Waals surface area (Å²) in [5.41, 5.74) is 15.2. The molecule has 0 aliphatic heterocycles. The minimum absolute atomic E-state index is 0. The maximum Gasteiger partial charge on any atom is 0 e. The molecule has 11 aromatic rings. The predicted octanol–water partition coefficient (Wildman–Crippen LogP) is 15.9. The zero-order valence-electron chi connectivity index (χ0n) is 39.6. The van der Waals surface area contributed by atoms with Crippen LogP contribution in [0.2, 0.25) is 17.3 Å². The van der Waals surface area contributed by atoms with Gasteiger partial charge in [0.15, 0.2) is 0 Å². The van der Waals surface area contributed by atoms with E-state index in [1.54, 1.807) is 0 Å². The number of para-hydroxylation sites is 2. The predicted molar refractivity (Wildman–Crippen MR) is 276 cm³/mol. The molecule has 8 aromatic carbocycles. The number of rotatable bonds is 7. The largest absolute Gasteiger partial charge is 0 e. The Morgan fingerprint density at radius 3 is 2.04 bits per heavy atom. The first-order chi connectivity index (χ1) is 32.2. The topological polar surface area (TPSA) is 43.9 Å². The van der Waals surface area contributed by atoms with Crippen LogP contribution in [0.25, 0.3) is 94.3 Å². The van der Waals surface area contributed by atoms with E-state index in [-0.39, 0.29) is 25.9 Å². The van der Waals surface area contributed by atoms with E-state index in [0.717, 1.165) is 99.9 Å². The monoisotopic (exact) mass is 1120 g/mol. The molecule has 0 N–H and O–H groups in total. The number of hydrogen-bond acceptors (Lipinski definition) is 3. The molecule has 0 fully saturated rings. The molecule has 3 heterocycles. The van der Waals surface area contributed by atoms with Crippen molar-refractivity contribution >= 4 is 61.4 Å². The van der Waals surface area contributed by atoms with Gasteiger partial charge in [-0.3, -0.25) is 4.98 Å². The summed E-state index contributed by atoms with van der Waals surface area (Å²) in [6.45, 7) is 8.26. The van der Waals surface area contributed by atoms with Gasteiger partial charge >= 0.3 is 120 Å². The average molecular weight is 1110 g/mol. The number of aryl methyl sites for hydroxylation is 2. The second-order valence-corrected chi connectivity index (χ2v) is 28.9. The standard InChI is InChI=1S/C43H28FN2O.C17H22GeN.Ir/c1-26-23-32(28-9-4-3-5-10-28)24-27(2)40(26)46-39-14-7-6-13-38(39)45-43(46)37-12-8-11-35-36-22-18-31-25-30(29-15-19-33(44)20-16-29)17-21-34(31)41(36)47-42(35)37;1-13(2)15-11-17(14-9-7-6-8-10-14)19-12-16(15)18(3,4)5;/h3-11,13-25H,1-2H3;6-9,11-13H,1-5H3;/q2*-1;/i;13D;. The number of pyridine rings is 1. The Labute approximate surface area is 409 Å². The van der Waals surface area contributed by atoms with Crippen molar-refractivity contribution in [3.05, 3.63) is 205 Å². The summed E-state index contributed by atoms with van der Waals surface area (Å²) in [5, 5.41) is 4.14. The van der Waals surface area contributed by atoms with Crippen molar-refractivity contribution in [1.82, 2.24) is 14.5 Å². The molecule has 0 saturated carbocycles. The third-order valence-electron chi connectivity index (χ3n) is 12.4. The zero-order valence-corrected chi connectivity index (χ0v) is 43.1. The van der Waals surface area contributed by atoms with Gasteiger partial charge in [-0.2, -0.15) is 0 Å². The van der Waals surface area contributed by atoms with Gasteiger partial charge in [-0.1, -0.05) is 89.8 Å². The maximum atomic E-state index is 13.6. The van der Waals surface area contributed by atoms with Gasteiger partial charge in [0, 0.05) is 36.6 Å². The molecule has 0 spiro atoms. The van der Waals surface area contributed by atoms with Crippen LogP contribution in [-0.2, 0) is 20.1 Å². The number of aromatic nitrogens is 3. The van der Waals surface area contributed by atoms with Crippen LogP contribution < -0.4 is 4.40 Å². The van der Waals surface area contributed by atoms with E-state index in [0.29, 0.717) is 0 Å². The van der Waals surface area contributed by atoms with Crippen molar-refractivity contribution in [2.45, 2.75) is 50.9 Å². The molecule has 0 atom stereocenters. The zero-order chi connectivity index (χ0) is 46.6. The molecule has 0 unspecified atom stereocenters. The number of imidazole rings is 1. The second kappa shape index (κ2) is 18.7. The molecule has 0 aliphatic carbocycles. The van der Waals surface area contributed by atoms with E-state index in [1.807, 2.05) is 74.6 Å². The molecule has 67 heavy (non-hydrogen) atoms. The van der Waals surface area contributed by atoms with Gasteiger partial charge in [0.05, 0.1) is 22.4 Å². The van der Waals surface area contributed by atoms with Gasteiger partial charge in [-0.15, -0.1) is 18.2 Å². The van der Waals surface area contributed by atoms with Gasteiger partial charge in [0.25, 0.3) is 0 Å². The summed E-state index contributed by atoms with van der Waals surface area (Å²) in [6, 6.07) is 61.2. The van der Waals surface area contributed by atoms with Crippen molar-refractivity contribution in [1.29, 1.82) is 0 Å². The summed E-state index contributed by atoms with van der Waals surface area (Å²) in [5.74, 6) is 6.99. The average Bonchev–Trinajstić information content (AvgIpc) is 3.91. The fourth-order valence-corrected chi connectivity index (χ4v) is 12.5. The summed E-state index contributed by atoms with van der Waals surface area (Å²) in [6.07, 6.45) is 2.00. The van der Waals surface area contributed by atoms with Crippen LogP contribution in [0.5, 0.6) is 0 Å². The molecule has 1 radical (unpaired) electrons. The number of hydrogen-bond donors (Lipinski definition) is 0. The Balaban J connectivity index is 0.000000232. The number of fused-ring (bicyclic) bond motifs is 6. The van der Waals surface area contributed by atoms with Crippen LogP contribution in [0.3, 0.4) is 0 Å². The van der Waals surface area contributed by atoms with Crippen molar-refractivity contribution in [2.24, 2.45) is 0 Å². The first-order valence-electron chi connectivity index (χ1n) is 22.9. The van der Waals surface area contributed by atoms with Crippen molar-refractivity contribution < 1.29 is 30.3 Å². The van der Waals surface area contributed by atoms with Crippen LogP contribution in [0.15, 0.2) is 174 Å². The van der Waals surface area contributed by atoms with Crippen LogP contribution in [-0.4, -0.2) is 27.8 Å². The molecule has 3 aromatic heterocycles. The van der Waals surface area contributed by atoms with Gasteiger partial charge in [0.1, 0.15) is 11.4 Å². The molecule has 0 amide bonds. The van der Waals surface area contributed by atoms with Crippen LogP contribution in [0, 0.1) is 31.8 Å². The third-order valence-corrected chi connectivity index (χ3v) is 16.7. The van der Waals surface area contributed by atoms with Crippen molar-refractivity contribution in [2.75, 3.05) is 0 Å². The molecule has 11 rings (SSSR count). The van der Waals surface area contributed by atoms with Gasteiger partial charge in [-0.05, 0) is 95.1 Å². The summed E-state index contributed by atoms with van der Waals surface area (Å²) >= 11 is -2.03. The second-order valence-electron chi connectivity index (χ2n) is 18.3. The number of nitrogens with zero attached hydrogens (tertiary/aromatic N) is 3. The van der Waals surface area contributed by atoms with Crippen LogP contribution in [0.4, 0.5) is 4.39 Å². The number of furan rings is 1. The summed E-state index contributed by atoms with van der Waals surface area (Å²) in [7, 11) is 0. The molecule has 7 heteroatoms. The van der Waals surface area contributed by atoms with E-state index < -0.39 is 19.2 Å². The van der Waals surface area contributed by atoms with E-state index in [9.17, 15) is 4.39 Å². The van der Waals surface area contributed by atoms with Crippen molar-refractivity contribution in [3.63, 3.8) is 0 Å². The molecular formula is C60H50FGeIrN3O-2. The smallest absolute Gasteiger partial charge is 0 e. The van der Waals surface area contributed by atoms with E-state index >= 15 is 0 Å². The van der Waals surface area contributed by atoms with E-state index in [1.165, 1.54) is 27.7 Å². The minimum atomic E-state index is -2.03. The van der Waals surface area contributed by atoms with Crippen LogP contribution >= 0.6 is 0 Å². The fraction of sp³-hybridized carbons (Fsp3) is 0.133. The first-order valence-corrected chi connectivity index (χ1v) is 29.8. The Bertz CT molecular complexity index is 3610. The quantitative estimate of drug-likeness (QED) is 0.118. The van der Waals surface area contributed by atoms with Gasteiger partial charge < -0.3 is 8.98 Å². The molecule has 4 nitrogen and oxygen atoms in total. The number of halogens is 1. The first kappa shape index (κ1) is 44.4. The molecule has 0 bridgehead atoms. The fourth-order valence-electron chi connectivity index (χ4n) is 9.21. The summed E-state index contributed by atoms with van der Waals surface area (Å²) < 4.78 is 32.4. The molecule has 0 saturated heterocycles. The molecule has 333 valence electrons. The molecular weight excluding hydrogens is 1060 g/mol. The Morgan fingerprint density at radius 1 is 0.657 bits per heavy atom. The van der Waals surface area contributed by atoms with Gasteiger partial charge in [0.2, 0.25) is 0 Å². The Kier molecular flexibility index (Phi) is 12.4. The normalized spacial score (nSPS) is 12.0. The van der Waals surface area contributed by atoms with E-state index in [4.69, 9.17) is 10.8 Å². The minimum Gasteiger partial charge on any atom is 0 e. The maximum absolute atomic E-state index is 13.6. The number of benzene rings is 8. The SMILES string of the molecule is Cc1cc(-c2ccccc2)cc(C)c1-n1c(-c2[c-]ccc3c2oc2c4ccc(-c5ccc(F)cc5)cc4ccc32)nc2ccccc21.[2H]C(C)(C)c1cc(-c2[c-]cccc2)nc[c]1[Ge]([CH3])([CH3])[CH3].[Ir]. The summed E-state index contributed by atoms with van der Waals surface area (Å²) in [4.78, 5) is 9.82. The van der Waals surface area contributed by atoms with Crippen LogP contribution in [0.1, 0.15) is 37.8 Å². The Morgan fingerprint density at radius 2 is 1.33 bits per heavy atom. The van der Waals surface area contributed by atoms with E-state index in [2.05, 4.69) is 150 Å².